The van der Waals surface area contributed by atoms with Gasteiger partial charge in [0.15, 0.2) is 0 Å². The van der Waals surface area contributed by atoms with Crippen molar-refractivity contribution in [1.82, 2.24) is 5.48 Å². The van der Waals surface area contributed by atoms with E-state index in [1.54, 1.807) is 7.11 Å². The third-order valence-electron chi connectivity index (χ3n) is 4.83. The van der Waals surface area contributed by atoms with Gasteiger partial charge in [0.05, 0.1) is 7.11 Å². The second-order valence-corrected chi connectivity index (χ2v) is 5.16. The van der Waals surface area contributed by atoms with Crippen LogP contribution in [0, 0.1) is 16.2 Å². The van der Waals surface area contributed by atoms with Crippen LogP contribution in [0.15, 0.2) is 12.3 Å². The summed E-state index contributed by atoms with van der Waals surface area (Å²) in [4.78, 5) is 4.91. The minimum absolute atomic E-state index is 0.121. The lowest BCUT2D eigenvalue weighted by atomic mass is 9.94. The molecule has 0 saturated heterocycles. The van der Waals surface area contributed by atoms with Gasteiger partial charge in [-0.2, -0.15) is 0 Å². The molecule has 1 N–H and O–H groups in total. The van der Waals surface area contributed by atoms with Crippen LogP contribution in [0.5, 0.6) is 0 Å². The zero-order valence-electron chi connectivity index (χ0n) is 9.62. The predicted octanol–water partition coefficient (Wildman–Crippen LogP) is 2.72. The van der Waals surface area contributed by atoms with Crippen molar-refractivity contribution < 1.29 is 4.84 Å². The Balaban J connectivity index is 2.88. The van der Waals surface area contributed by atoms with Crippen LogP contribution in [0.3, 0.4) is 0 Å². The van der Waals surface area contributed by atoms with Gasteiger partial charge in [-0.25, -0.2) is 0 Å². The molecule has 1 rings (SSSR count). The Labute approximate surface area is 81.3 Å². The number of hydrogen-bond acceptors (Lipinski definition) is 2. The van der Waals surface area contributed by atoms with Gasteiger partial charge in [0.2, 0.25) is 0 Å². The maximum atomic E-state index is 4.91. The molecule has 1 aliphatic rings. The molecule has 1 saturated carbocycles. The maximum Gasteiger partial charge on any atom is 0.0636 e. The van der Waals surface area contributed by atoms with E-state index in [4.69, 9.17) is 4.84 Å². The first kappa shape index (κ1) is 10.6. The van der Waals surface area contributed by atoms with Crippen molar-refractivity contribution >= 4 is 0 Å². The fourth-order valence-electron chi connectivity index (χ4n) is 2.57. The summed E-state index contributed by atoms with van der Waals surface area (Å²) in [5.74, 6) is 0. The van der Waals surface area contributed by atoms with Gasteiger partial charge in [-0.15, -0.1) is 0 Å². The first-order valence-electron chi connectivity index (χ1n) is 4.72. The SMILES string of the molecule is C=C(NOC)C1(C)C(C)(C)C1(C)C. The van der Waals surface area contributed by atoms with Gasteiger partial charge in [-0.3, -0.25) is 10.3 Å². The van der Waals surface area contributed by atoms with Crippen LogP contribution in [0.2, 0.25) is 0 Å². The lowest BCUT2D eigenvalue weighted by molar-refractivity contribution is 0.102. The number of hydrogen-bond donors (Lipinski definition) is 1. The van der Waals surface area contributed by atoms with E-state index in [1.807, 2.05) is 0 Å². The van der Waals surface area contributed by atoms with E-state index in [1.165, 1.54) is 0 Å². The summed E-state index contributed by atoms with van der Waals surface area (Å²) in [5.41, 5.74) is 4.52. The predicted molar refractivity (Wildman–Crippen MR) is 55.0 cm³/mol. The van der Waals surface area contributed by atoms with Gasteiger partial charge in [-0.1, -0.05) is 41.2 Å². The second-order valence-electron chi connectivity index (χ2n) is 5.16. The van der Waals surface area contributed by atoms with E-state index < -0.39 is 0 Å². The monoisotopic (exact) mass is 183 g/mol. The summed E-state index contributed by atoms with van der Waals surface area (Å²) >= 11 is 0. The lowest BCUT2D eigenvalue weighted by Crippen LogP contribution is -2.22. The average molecular weight is 183 g/mol. The average Bonchev–Trinajstić information content (AvgIpc) is 2.31. The van der Waals surface area contributed by atoms with Crippen LogP contribution < -0.4 is 5.48 Å². The molecular weight excluding hydrogens is 162 g/mol. The third kappa shape index (κ3) is 0.925. The normalized spacial score (nSPS) is 26.6. The standard InChI is InChI=1S/C11H21NO/c1-8(12-13-7)11(6)9(2,3)10(11,4)5/h12H,1H2,2-7H3. The smallest absolute Gasteiger partial charge is 0.0636 e. The van der Waals surface area contributed by atoms with Crippen molar-refractivity contribution in [2.45, 2.75) is 34.6 Å². The highest BCUT2D eigenvalue weighted by molar-refractivity contribution is 5.33. The number of rotatable bonds is 3. The van der Waals surface area contributed by atoms with Gasteiger partial charge >= 0.3 is 0 Å². The Hall–Kier alpha value is -0.500. The van der Waals surface area contributed by atoms with Crippen LogP contribution in [0.25, 0.3) is 0 Å². The molecule has 0 bridgehead atoms. The summed E-state index contributed by atoms with van der Waals surface area (Å²) in [6, 6.07) is 0. The summed E-state index contributed by atoms with van der Waals surface area (Å²) in [7, 11) is 1.62. The van der Waals surface area contributed by atoms with Crippen LogP contribution >= 0.6 is 0 Å². The number of nitrogens with one attached hydrogen (secondary N) is 1. The van der Waals surface area contributed by atoms with Crippen LogP contribution in [-0.2, 0) is 4.84 Å². The zero-order valence-corrected chi connectivity index (χ0v) is 9.62. The van der Waals surface area contributed by atoms with Gasteiger partial charge in [0.25, 0.3) is 0 Å². The minimum Gasteiger partial charge on any atom is -0.280 e. The molecule has 0 aromatic rings. The van der Waals surface area contributed by atoms with Crippen molar-refractivity contribution in [3.05, 3.63) is 12.3 Å². The minimum atomic E-state index is 0.121. The van der Waals surface area contributed by atoms with E-state index in [9.17, 15) is 0 Å². The van der Waals surface area contributed by atoms with E-state index in [2.05, 4.69) is 46.7 Å². The highest BCUT2D eigenvalue weighted by atomic mass is 16.6. The van der Waals surface area contributed by atoms with Crippen molar-refractivity contribution in [2.75, 3.05) is 7.11 Å². The largest absolute Gasteiger partial charge is 0.280 e. The molecule has 0 spiro atoms. The summed E-state index contributed by atoms with van der Waals surface area (Å²) in [6.45, 7) is 15.4. The van der Waals surface area contributed by atoms with E-state index in [0.29, 0.717) is 0 Å². The molecule has 13 heavy (non-hydrogen) atoms. The molecule has 0 unspecified atom stereocenters. The van der Waals surface area contributed by atoms with Gasteiger partial charge < -0.3 is 0 Å². The molecular formula is C11H21NO. The molecule has 1 aliphatic carbocycles. The third-order valence-corrected chi connectivity index (χ3v) is 4.83. The van der Waals surface area contributed by atoms with Gasteiger partial charge in [0, 0.05) is 11.1 Å². The first-order chi connectivity index (χ1) is 5.73. The van der Waals surface area contributed by atoms with E-state index >= 15 is 0 Å². The topological polar surface area (TPSA) is 21.3 Å². The van der Waals surface area contributed by atoms with E-state index in [-0.39, 0.29) is 16.2 Å². The molecule has 0 aromatic carbocycles. The first-order valence-corrected chi connectivity index (χ1v) is 4.72. The second kappa shape index (κ2) is 2.50. The highest BCUT2D eigenvalue weighted by Crippen LogP contribution is 2.79. The molecule has 0 aliphatic heterocycles. The highest BCUT2D eigenvalue weighted by Gasteiger charge is 2.75. The summed E-state index contributed by atoms with van der Waals surface area (Å²) in [5, 5.41) is 0. The Morgan fingerprint density at radius 3 is 1.69 bits per heavy atom. The van der Waals surface area contributed by atoms with Crippen molar-refractivity contribution in [3.8, 4) is 0 Å². The maximum absolute atomic E-state index is 4.91. The zero-order chi connectivity index (χ0) is 10.5. The number of hydroxylamine groups is 1. The fraction of sp³-hybridized carbons (Fsp3) is 0.818. The van der Waals surface area contributed by atoms with Crippen LogP contribution in [0.4, 0.5) is 0 Å². The Morgan fingerprint density at radius 2 is 1.46 bits per heavy atom. The lowest BCUT2D eigenvalue weighted by Gasteiger charge is -2.19. The molecule has 76 valence electrons. The van der Waals surface area contributed by atoms with Crippen LogP contribution in [-0.4, -0.2) is 7.11 Å². The van der Waals surface area contributed by atoms with Crippen molar-refractivity contribution in [2.24, 2.45) is 16.2 Å². The molecule has 2 heteroatoms. The van der Waals surface area contributed by atoms with E-state index in [0.717, 1.165) is 5.70 Å². The molecule has 2 nitrogen and oxygen atoms in total. The Bertz CT molecular complexity index is 226. The molecule has 0 aromatic heterocycles. The summed E-state index contributed by atoms with van der Waals surface area (Å²) < 4.78 is 0. The molecule has 1 fully saturated rings. The van der Waals surface area contributed by atoms with Gasteiger partial charge in [0.1, 0.15) is 0 Å². The van der Waals surface area contributed by atoms with Crippen LogP contribution in [0.1, 0.15) is 34.6 Å². The quantitative estimate of drug-likeness (QED) is 0.679. The van der Waals surface area contributed by atoms with Crippen molar-refractivity contribution in [3.63, 3.8) is 0 Å². The molecule has 0 amide bonds. The fourth-order valence-corrected chi connectivity index (χ4v) is 2.57. The molecule has 0 atom stereocenters. The molecule has 0 radical (unpaired) electrons. The Kier molecular flexibility index (Phi) is 2.04. The van der Waals surface area contributed by atoms with Crippen molar-refractivity contribution in [1.29, 1.82) is 0 Å². The summed E-state index contributed by atoms with van der Waals surface area (Å²) in [6.07, 6.45) is 0. The van der Waals surface area contributed by atoms with Gasteiger partial charge in [-0.05, 0) is 10.8 Å². The molecule has 0 heterocycles. The Morgan fingerprint density at radius 1 is 1.08 bits per heavy atom. The number of allylic oxidation sites excluding steroid dienone is 1.